The molecule has 0 amide bonds. The van der Waals surface area contributed by atoms with Gasteiger partial charge in [0, 0.05) is 0 Å². The largest absolute Gasteiger partial charge is 0.481 e. The second-order valence-corrected chi connectivity index (χ2v) is 3.59. The number of aliphatic carboxylic acids is 2. The monoisotopic (exact) mass is 227 g/mol. The molecule has 0 atom stereocenters. The molecule has 0 radical (unpaired) electrons. The second-order valence-electron chi connectivity index (χ2n) is 3.59. The molecular weight excluding hydrogens is 214 g/mol. The molecule has 0 unspecified atom stereocenters. The smallest absolute Gasteiger partial charge is 0.304 e. The summed E-state index contributed by atoms with van der Waals surface area (Å²) in [5.74, 6) is -2.10. The van der Waals surface area contributed by atoms with E-state index < -0.39 is 17.9 Å². The fourth-order valence-corrected chi connectivity index (χ4v) is 1.34. The third-order valence-corrected chi connectivity index (χ3v) is 2.24. The highest BCUT2D eigenvalue weighted by Gasteiger charge is 2.24. The zero-order valence-corrected chi connectivity index (χ0v) is 9.06. The normalized spacial score (nSPS) is 10.7. The predicted octanol–water partition coefficient (Wildman–Crippen LogP) is 1.32. The van der Waals surface area contributed by atoms with Crippen LogP contribution in [0.15, 0.2) is 4.42 Å². The molecule has 0 saturated heterocycles. The number of oxazole rings is 1. The quantitative estimate of drug-likeness (QED) is 0.786. The number of nitrogens with zero attached hydrogens (tertiary/aromatic N) is 1. The van der Waals surface area contributed by atoms with Gasteiger partial charge in [-0.25, -0.2) is 4.98 Å². The lowest BCUT2D eigenvalue weighted by Crippen LogP contribution is -2.11. The summed E-state index contributed by atoms with van der Waals surface area (Å²) in [5, 5.41) is 17.3. The highest BCUT2D eigenvalue weighted by Crippen LogP contribution is 2.24. The van der Waals surface area contributed by atoms with Crippen LogP contribution in [-0.2, 0) is 9.59 Å². The Morgan fingerprint density at radius 3 is 2.06 bits per heavy atom. The molecule has 0 aliphatic rings. The third kappa shape index (κ3) is 3.08. The van der Waals surface area contributed by atoms with Gasteiger partial charge in [-0.3, -0.25) is 9.59 Å². The van der Waals surface area contributed by atoms with E-state index in [0.29, 0.717) is 11.5 Å². The number of carboxylic acid groups (broad SMARTS) is 2. The molecule has 1 rings (SSSR count). The molecule has 0 fully saturated rings. The minimum Gasteiger partial charge on any atom is -0.481 e. The number of hydrogen-bond donors (Lipinski definition) is 2. The first-order valence-electron chi connectivity index (χ1n) is 4.77. The van der Waals surface area contributed by atoms with Crippen molar-refractivity contribution in [3.8, 4) is 0 Å². The molecule has 1 aromatic heterocycles. The zero-order chi connectivity index (χ0) is 12.3. The minimum absolute atomic E-state index is 0.180. The molecule has 0 aliphatic heterocycles. The highest BCUT2D eigenvalue weighted by molar-refractivity contribution is 5.71. The lowest BCUT2D eigenvalue weighted by Gasteiger charge is -2.07. The Bertz CT molecular complexity index is 374. The van der Waals surface area contributed by atoms with Crippen LogP contribution in [0.25, 0.3) is 0 Å². The molecule has 0 spiro atoms. The summed E-state index contributed by atoms with van der Waals surface area (Å²) in [6.45, 7) is 3.42. The summed E-state index contributed by atoms with van der Waals surface area (Å²) >= 11 is 0. The van der Waals surface area contributed by atoms with E-state index in [1.165, 1.54) is 0 Å². The summed E-state index contributed by atoms with van der Waals surface area (Å²) in [7, 11) is 0. The second kappa shape index (κ2) is 4.78. The lowest BCUT2D eigenvalue weighted by atomic mass is 10.0. The standard InChI is InChI=1S/C10H13NO5/c1-5-6(2)16-10(11-5)7(3-8(12)13)4-9(14)15/h7H,3-4H2,1-2H3,(H,12,13)(H,14,15). The molecule has 0 aromatic carbocycles. The average molecular weight is 227 g/mol. The van der Waals surface area contributed by atoms with Crippen LogP contribution in [0.4, 0.5) is 0 Å². The number of hydrogen-bond acceptors (Lipinski definition) is 4. The molecule has 0 bridgehead atoms. The molecule has 6 nitrogen and oxygen atoms in total. The van der Waals surface area contributed by atoms with E-state index in [1.807, 2.05) is 0 Å². The summed E-state index contributed by atoms with van der Waals surface area (Å²) < 4.78 is 5.24. The van der Waals surface area contributed by atoms with E-state index in [9.17, 15) is 9.59 Å². The molecule has 2 N–H and O–H groups in total. The first-order chi connectivity index (χ1) is 7.40. The van der Waals surface area contributed by atoms with Gasteiger partial charge in [-0.2, -0.15) is 0 Å². The van der Waals surface area contributed by atoms with Crippen LogP contribution in [0, 0.1) is 13.8 Å². The number of aryl methyl sites for hydroxylation is 2. The van der Waals surface area contributed by atoms with Gasteiger partial charge >= 0.3 is 11.9 Å². The van der Waals surface area contributed by atoms with Gasteiger partial charge in [0.05, 0.1) is 24.5 Å². The van der Waals surface area contributed by atoms with E-state index in [1.54, 1.807) is 13.8 Å². The van der Waals surface area contributed by atoms with Gasteiger partial charge in [-0.15, -0.1) is 0 Å². The van der Waals surface area contributed by atoms with Crippen LogP contribution >= 0.6 is 0 Å². The van der Waals surface area contributed by atoms with E-state index in [4.69, 9.17) is 14.6 Å². The van der Waals surface area contributed by atoms with Gasteiger partial charge in [-0.1, -0.05) is 0 Å². The maximum absolute atomic E-state index is 10.6. The molecule has 0 aliphatic carbocycles. The van der Waals surface area contributed by atoms with Crippen molar-refractivity contribution in [2.75, 3.05) is 0 Å². The summed E-state index contributed by atoms with van der Waals surface area (Å²) in [6, 6.07) is 0. The molecule has 1 aromatic rings. The minimum atomic E-state index is -1.07. The molecule has 16 heavy (non-hydrogen) atoms. The summed E-state index contributed by atoms with van der Waals surface area (Å²) in [5.41, 5.74) is 0.649. The summed E-state index contributed by atoms with van der Waals surface area (Å²) in [4.78, 5) is 25.2. The van der Waals surface area contributed by atoms with Gasteiger partial charge in [0.25, 0.3) is 0 Å². The Morgan fingerprint density at radius 1 is 1.25 bits per heavy atom. The Kier molecular flexibility index (Phi) is 3.65. The van der Waals surface area contributed by atoms with Gasteiger partial charge in [0.2, 0.25) is 0 Å². The molecular formula is C10H13NO5. The molecule has 88 valence electrons. The Balaban J connectivity index is 2.90. The predicted molar refractivity (Wildman–Crippen MR) is 53.2 cm³/mol. The number of rotatable bonds is 5. The van der Waals surface area contributed by atoms with Crippen molar-refractivity contribution < 1.29 is 24.2 Å². The third-order valence-electron chi connectivity index (χ3n) is 2.24. The van der Waals surface area contributed by atoms with E-state index in [2.05, 4.69) is 4.98 Å². The zero-order valence-electron chi connectivity index (χ0n) is 9.06. The van der Waals surface area contributed by atoms with Crippen LogP contribution in [0.1, 0.15) is 36.1 Å². The Morgan fingerprint density at radius 2 is 1.75 bits per heavy atom. The van der Waals surface area contributed by atoms with Crippen LogP contribution in [0.3, 0.4) is 0 Å². The van der Waals surface area contributed by atoms with E-state index in [-0.39, 0.29) is 18.7 Å². The fraction of sp³-hybridized carbons (Fsp3) is 0.500. The topological polar surface area (TPSA) is 101 Å². The van der Waals surface area contributed by atoms with Gasteiger partial charge in [0.15, 0.2) is 5.89 Å². The number of carbonyl (C=O) groups is 2. The SMILES string of the molecule is Cc1nc(C(CC(=O)O)CC(=O)O)oc1C. The van der Waals surface area contributed by atoms with Crippen LogP contribution in [-0.4, -0.2) is 27.1 Å². The highest BCUT2D eigenvalue weighted by atomic mass is 16.4. The average Bonchev–Trinajstić information content (AvgIpc) is 2.44. The van der Waals surface area contributed by atoms with Crippen molar-refractivity contribution in [1.82, 2.24) is 4.98 Å². The first kappa shape index (κ1) is 12.2. The maximum Gasteiger partial charge on any atom is 0.304 e. The van der Waals surface area contributed by atoms with Crippen molar-refractivity contribution in [2.45, 2.75) is 32.6 Å². The molecule has 6 heteroatoms. The van der Waals surface area contributed by atoms with Crippen molar-refractivity contribution in [2.24, 2.45) is 0 Å². The van der Waals surface area contributed by atoms with Crippen molar-refractivity contribution in [1.29, 1.82) is 0 Å². The van der Waals surface area contributed by atoms with Crippen molar-refractivity contribution >= 4 is 11.9 Å². The molecule has 0 saturated carbocycles. The van der Waals surface area contributed by atoms with Crippen LogP contribution < -0.4 is 0 Å². The van der Waals surface area contributed by atoms with E-state index >= 15 is 0 Å². The van der Waals surface area contributed by atoms with Gasteiger partial charge < -0.3 is 14.6 Å². The van der Waals surface area contributed by atoms with Crippen molar-refractivity contribution in [3.05, 3.63) is 17.3 Å². The van der Waals surface area contributed by atoms with Crippen LogP contribution in [0.5, 0.6) is 0 Å². The van der Waals surface area contributed by atoms with Crippen LogP contribution in [0.2, 0.25) is 0 Å². The van der Waals surface area contributed by atoms with Crippen molar-refractivity contribution in [3.63, 3.8) is 0 Å². The van der Waals surface area contributed by atoms with E-state index in [0.717, 1.165) is 0 Å². The van der Waals surface area contributed by atoms with Gasteiger partial charge in [-0.05, 0) is 13.8 Å². The first-order valence-corrected chi connectivity index (χ1v) is 4.77. The Hall–Kier alpha value is -1.85. The van der Waals surface area contributed by atoms with Gasteiger partial charge in [0.1, 0.15) is 5.76 Å². The number of aromatic nitrogens is 1. The lowest BCUT2D eigenvalue weighted by molar-refractivity contribution is -0.139. The maximum atomic E-state index is 10.6. The fourth-order valence-electron chi connectivity index (χ4n) is 1.34. The Labute approximate surface area is 91.9 Å². The molecule has 1 heterocycles. The summed E-state index contributed by atoms with van der Waals surface area (Å²) in [6.07, 6.45) is -0.600. The number of carboxylic acids is 2.